The first-order chi connectivity index (χ1) is 13.1. The van der Waals surface area contributed by atoms with Crippen molar-refractivity contribution in [3.8, 4) is 0 Å². The van der Waals surface area contributed by atoms with Crippen LogP contribution in [-0.2, 0) is 17.9 Å². The van der Waals surface area contributed by atoms with Crippen LogP contribution < -0.4 is 10.2 Å². The number of aryl methyl sites for hydroxylation is 1. The second kappa shape index (κ2) is 7.02. The van der Waals surface area contributed by atoms with Gasteiger partial charge in [0.05, 0.1) is 12.7 Å². The molecule has 0 saturated carbocycles. The third-order valence-corrected chi connectivity index (χ3v) is 4.53. The van der Waals surface area contributed by atoms with Gasteiger partial charge in [0, 0.05) is 19.7 Å². The zero-order chi connectivity index (χ0) is 18.8. The Balaban J connectivity index is 1.43. The molecule has 3 heterocycles. The lowest BCUT2D eigenvalue weighted by molar-refractivity contribution is -0.120. The molecule has 9 heteroatoms. The molecule has 1 aliphatic rings. The second-order valence-corrected chi connectivity index (χ2v) is 6.38. The third kappa shape index (κ3) is 3.43. The summed E-state index contributed by atoms with van der Waals surface area (Å²) in [6, 6.07) is 10.9. The molecule has 3 aromatic rings. The number of hydrogen-bond acceptors (Lipinski definition) is 5. The lowest BCUT2D eigenvalue weighted by Crippen LogP contribution is -2.47. The monoisotopic (exact) mass is 365 g/mol. The molecule has 1 atom stereocenters. The Labute approximate surface area is 155 Å². The van der Waals surface area contributed by atoms with Crippen molar-refractivity contribution in [2.75, 3.05) is 11.9 Å². The minimum Gasteiger partial charge on any atom is -0.337 e. The van der Waals surface area contributed by atoms with E-state index in [1.54, 1.807) is 28.7 Å². The van der Waals surface area contributed by atoms with Gasteiger partial charge in [0.1, 0.15) is 18.2 Å². The predicted octanol–water partition coefficient (Wildman–Crippen LogP) is 0.688. The molecule has 0 saturated heterocycles. The Bertz CT molecular complexity index is 963. The van der Waals surface area contributed by atoms with Crippen molar-refractivity contribution in [1.29, 1.82) is 0 Å². The van der Waals surface area contributed by atoms with Crippen molar-refractivity contribution < 1.29 is 9.59 Å². The molecule has 1 aromatic carbocycles. The Morgan fingerprint density at radius 3 is 2.89 bits per heavy atom. The molecule has 0 fully saturated rings. The summed E-state index contributed by atoms with van der Waals surface area (Å²) in [6.45, 7) is 1.06. The fourth-order valence-corrected chi connectivity index (χ4v) is 3.11. The van der Waals surface area contributed by atoms with Crippen molar-refractivity contribution in [1.82, 2.24) is 29.9 Å². The van der Waals surface area contributed by atoms with Gasteiger partial charge < -0.3 is 5.32 Å². The molecule has 1 N–H and O–H groups in total. The molecule has 9 nitrogen and oxygen atoms in total. The van der Waals surface area contributed by atoms with Crippen LogP contribution in [0.5, 0.6) is 0 Å². The number of nitrogens with zero attached hydrogens (tertiary/aromatic N) is 6. The molecule has 2 aromatic heterocycles. The van der Waals surface area contributed by atoms with Gasteiger partial charge in [-0.2, -0.15) is 5.10 Å². The van der Waals surface area contributed by atoms with E-state index in [1.807, 2.05) is 30.3 Å². The fraction of sp³-hybridized carbons (Fsp3) is 0.278. The van der Waals surface area contributed by atoms with Gasteiger partial charge in [0.15, 0.2) is 0 Å². The van der Waals surface area contributed by atoms with E-state index in [1.165, 1.54) is 11.2 Å². The van der Waals surface area contributed by atoms with Crippen LogP contribution in [0.15, 0.2) is 48.9 Å². The molecule has 0 aliphatic carbocycles. The molecule has 0 bridgehead atoms. The maximum atomic E-state index is 12.6. The fourth-order valence-electron chi connectivity index (χ4n) is 3.11. The van der Waals surface area contributed by atoms with Crippen molar-refractivity contribution >= 4 is 17.6 Å². The number of fused-ring (bicyclic) bond motifs is 1. The maximum Gasteiger partial charge on any atom is 0.291 e. The van der Waals surface area contributed by atoms with Crippen LogP contribution in [0.1, 0.15) is 22.6 Å². The van der Waals surface area contributed by atoms with E-state index in [2.05, 4.69) is 20.5 Å². The molecule has 27 heavy (non-hydrogen) atoms. The normalized spacial score (nSPS) is 16.7. The summed E-state index contributed by atoms with van der Waals surface area (Å²) in [5.74, 6) is 0.102. The molecule has 0 radical (unpaired) electrons. The number of hydrogen-bond donors (Lipinski definition) is 1. The van der Waals surface area contributed by atoms with Crippen LogP contribution in [0.2, 0.25) is 0 Å². The number of amides is 2. The Morgan fingerprint density at radius 2 is 2.07 bits per heavy atom. The summed E-state index contributed by atoms with van der Waals surface area (Å²) in [5, 5.41) is 11.2. The van der Waals surface area contributed by atoms with Gasteiger partial charge in [0.25, 0.3) is 11.8 Å². The average Bonchev–Trinajstić information content (AvgIpc) is 3.32. The zero-order valence-corrected chi connectivity index (χ0v) is 14.8. The number of anilines is 1. The Kier molecular flexibility index (Phi) is 4.41. The summed E-state index contributed by atoms with van der Waals surface area (Å²) in [5.41, 5.74) is 1.06. The van der Waals surface area contributed by atoms with E-state index in [0.717, 1.165) is 5.56 Å². The minimum absolute atomic E-state index is 0.0448. The molecule has 0 unspecified atom stereocenters. The highest BCUT2D eigenvalue weighted by Crippen LogP contribution is 2.18. The Morgan fingerprint density at radius 1 is 1.26 bits per heavy atom. The highest BCUT2D eigenvalue weighted by atomic mass is 16.2. The highest BCUT2D eigenvalue weighted by Gasteiger charge is 2.30. The first-order valence-corrected chi connectivity index (χ1v) is 8.65. The second-order valence-electron chi connectivity index (χ2n) is 6.38. The van der Waals surface area contributed by atoms with Crippen molar-refractivity contribution in [2.24, 2.45) is 0 Å². The predicted molar refractivity (Wildman–Crippen MR) is 97.1 cm³/mol. The summed E-state index contributed by atoms with van der Waals surface area (Å²) >= 11 is 0. The van der Waals surface area contributed by atoms with Crippen LogP contribution in [0.4, 0.5) is 5.82 Å². The number of carbonyl (C=O) groups excluding carboxylic acids is 2. The smallest absolute Gasteiger partial charge is 0.291 e. The van der Waals surface area contributed by atoms with E-state index in [0.29, 0.717) is 25.3 Å². The molecule has 2 amide bonds. The summed E-state index contributed by atoms with van der Waals surface area (Å²) in [7, 11) is 1.67. The number of likely N-dealkylation sites (N-methyl/N-ethyl adjacent to an activating group) is 1. The number of benzene rings is 1. The molecule has 138 valence electrons. The maximum absolute atomic E-state index is 12.6. The zero-order valence-electron chi connectivity index (χ0n) is 14.8. The van der Waals surface area contributed by atoms with Crippen LogP contribution in [0, 0.1) is 0 Å². The SMILES string of the molecule is CN1C(=O)[C@@H](NC(=O)c2ncn(Cc3ccccc3)n2)CCn2nccc21. The highest BCUT2D eigenvalue weighted by molar-refractivity contribution is 6.00. The van der Waals surface area contributed by atoms with Crippen LogP contribution in [-0.4, -0.2) is 49.4 Å². The van der Waals surface area contributed by atoms with E-state index in [-0.39, 0.29) is 11.7 Å². The summed E-state index contributed by atoms with van der Waals surface area (Å²) in [4.78, 5) is 30.7. The van der Waals surface area contributed by atoms with E-state index in [4.69, 9.17) is 0 Å². The van der Waals surface area contributed by atoms with Crippen molar-refractivity contribution in [3.05, 3.63) is 60.3 Å². The third-order valence-electron chi connectivity index (χ3n) is 4.53. The summed E-state index contributed by atoms with van der Waals surface area (Å²) < 4.78 is 3.35. The van der Waals surface area contributed by atoms with Gasteiger partial charge in [-0.3, -0.25) is 14.5 Å². The number of aromatic nitrogens is 5. The minimum atomic E-state index is -0.648. The van der Waals surface area contributed by atoms with Gasteiger partial charge in [-0.15, -0.1) is 5.10 Å². The molecular formula is C18H19N7O2. The number of rotatable bonds is 4. The summed E-state index contributed by atoms with van der Waals surface area (Å²) in [6.07, 6.45) is 3.62. The quantitative estimate of drug-likeness (QED) is 0.733. The lowest BCUT2D eigenvalue weighted by Gasteiger charge is -2.19. The molecule has 1 aliphatic heterocycles. The van der Waals surface area contributed by atoms with Crippen LogP contribution >= 0.6 is 0 Å². The van der Waals surface area contributed by atoms with Gasteiger partial charge in [-0.1, -0.05) is 30.3 Å². The van der Waals surface area contributed by atoms with Gasteiger partial charge in [-0.05, 0) is 12.0 Å². The first-order valence-electron chi connectivity index (χ1n) is 8.65. The van der Waals surface area contributed by atoms with Crippen LogP contribution in [0.3, 0.4) is 0 Å². The lowest BCUT2D eigenvalue weighted by atomic mass is 10.2. The average molecular weight is 365 g/mol. The first kappa shape index (κ1) is 17.0. The van der Waals surface area contributed by atoms with E-state index in [9.17, 15) is 9.59 Å². The van der Waals surface area contributed by atoms with Gasteiger partial charge in [0.2, 0.25) is 5.82 Å². The molecular weight excluding hydrogens is 346 g/mol. The van der Waals surface area contributed by atoms with Gasteiger partial charge >= 0.3 is 0 Å². The molecule has 0 spiro atoms. The Hall–Kier alpha value is -3.49. The topological polar surface area (TPSA) is 97.9 Å². The number of nitrogens with one attached hydrogen (secondary N) is 1. The van der Waals surface area contributed by atoms with Crippen LogP contribution in [0.25, 0.3) is 0 Å². The van der Waals surface area contributed by atoms with Gasteiger partial charge in [-0.25, -0.2) is 14.3 Å². The van der Waals surface area contributed by atoms with Crippen molar-refractivity contribution in [3.63, 3.8) is 0 Å². The van der Waals surface area contributed by atoms with Crippen molar-refractivity contribution in [2.45, 2.75) is 25.6 Å². The number of carbonyl (C=O) groups is 2. The standard InChI is InChI=1S/C18H19N7O2/c1-23-15-7-9-20-25(15)10-8-14(18(23)27)21-17(26)16-19-12-24(22-16)11-13-5-3-2-4-6-13/h2-7,9,12,14H,8,10-11H2,1H3,(H,21,26)/t14-/m0/s1. The van der Waals surface area contributed by atoms with E-state index < -0.39 is 11.9 Å². The molecule has 4 rings (SSSR count). The largest absolute Gasteiger partial charge is 0.337 e. The van der Waals surface area contributed by atoms with E-state index >= 15 is 0 Å².